The molecule has 1 saturated heterocycles. The maximum atomic E-state index is 12.5. The maximum absolute atomic E-state index is 12.5. The fourth-order valence-corrected chi connectivity index (χ4v) is 6.17. The lowest BCUT2D eigenvalue weighted by Crippen LogP contribution is -2.41. The Balaban J connectivity index is 1.59. The summed E-state index contributed by atoms with van der Waals surface area (Å²) in [5.74, 6) is -0.468. The Morgan fingerprint density at radius 1 is 1.07 bits per heavy atom. The van der Waals surface area contributed by atoms with Gasteiger partial charge in [-0.05, 0) is 48.6 Å². The first kappa shape index (κ1) is 20.0. The second kappa shape index (κ2) is 7.70. The average Bonchev–Trinajstić information content (AvgIpc) is 3.17. The normalized spacial score (nSPS) is 16.9. The summed E-state index contributed by atoms with van der Waals surface area (Å²) in [6.07, 6.45) is 2.01. The largest absolute Gasteiger partial charge is 0.326 e. The van der Waals surface area contributed by atoms with Crippen molar-refractivity contribution >= 4 is 42.8 Å². The molecule has 0 unspecified atom stereocenters. The van der Waals surface area contributed by atoms with Gasteiger partial charge >= 0.3 is 0 Å². The Labute approximate surface area is 163 Å². The van der Waals surface area contributed by atoms with Crippen LogP contribution in [0.15, 0.2) is 50.9 Å². The molecule has 2 heterocycles. The van der Waals surface area contributed by atoms with E-state index in [1.807, 2.05) is 0 Å². The van der Waals surface area contributed by atoms with Gasteiger partial charge in [-0.15, -0.1) is 11.3 Å². The molecule has 0 saturated carbocycles. The number of benzene rings is 1. The third kappa shape index (κ3) is 4.57. The van der Waals surface area contributed by atoms with Crippen LogP contribution in [0.4, 0.5) is 5.69 Å². The molecule has 146 valence electrons. The highest BCUT2D eigenvalue weighted by atomic mass is 32.2. The average molecular weight is 429 g/mol. The molecular weight excluding hydrogens is 408 g/mol. The molecule has 0 radical (unpaired) electrons. The number of anilines is 1. The second-order valence-electron chi connectivity index (χ2n) is 6.40. The highest BCUT2D eigenvalue weighted by Crippen LogP contribution is 2.27. The minimum Gasteiger partial charge on any atom is -0.326 e. The van der Waals surface area contributed by atoms with Gasteiger partial charge in [-0.3, -0.25) is 4.79 Å². The second-order valence-corrected chi connectivity index (χ2v) is 11.5. The summed E-state index contributed by atoms with van der Waals surface area (Å²) >= 11 is 1.18. The summed E-state index contributed by atoms with van der Waals surface area (Å²) in [7, 11) is -6.76. The van der Waals surface area contributed by atoms with Crippen LogP contribution < -0.4 is 5.32 Å². The predicted octanol–water partition coefficient (Wildman–Crippen LogP) is 2.19. The van der Waals surface area contributed by atoms with E-state index in [0.29, 0.717) is 35.8 Å². The molecule has 0 atom stereocenters. The molecule has 1 aromatic heterocycles. The van der Waals surface area contributed by atoms with Crippen molar-refractivity contribution in [3.63, 3.8) is 0 Å². The lowest BCUT2D eigenvalue weighted by atomic mass is 9.97. The van der Waals surface area contributed by atoms with Crippen molar-refractivity contribution in [2.45, 2.75) is 21.9 Å². The highest BCUT2D eigenvalue weighted by molar-refractivity contribution is 7.91. The molecule has 1 aliphatic heterocycles. The van der Waals surface area contributed by atoms with Crippen molar-refractivity contribution in [2.24, 2.45) is 5.92 Å². The van der Waals surface area contributed by atoms with Crippen LogP contribution in [0.25, 0.3) is 0 Å². The standard InChI is InChI=1S/C17H20N2O5S3/c1-26(21,22)15-6-4-14(5-7-15)18-17(20)13-8-10-19(11-9-13)27(23,24)16-3-2-12-25-16/h2-7,12-13H,8-11H2,1H3,(H,18,20). The molecule has 27 heavy (non-hydrogen) atoms. The fourth-order valence-electron chi connectivity index (χ4n) is 2.93. The van der Waals surface area contributed by atoms with Crippen molar-refractivity contribution in [1.29, 1.82) is 0 Å². The van der Waals surface area contributed by atoms with Gasteiger partial charge in [0.25, 0.3) is 10.0 Å². The Morgan fingerprint density at radius 2 is 1.70 bits per heavy atom. The Hall–Kier alpha value is -1.75. The van der Waals surface area contributed by atoms with Crippen LogP contribution in [0.5, 0.6) is 0 Å². The summed E-state index contributed by atoms with van der Waals surface area (Å²) in [4.78, 5) is 12.6. The summed E-state index contributed by atoms with van der Waals surface area (Å²) in [5, 5.41) is 4.50. The first-order valence-electron chi connectivity index (χ1n) is 8.32. The van der Waals surface area contributed by atoms with Crippen LogP contribution in [0.3, 0.4) is 0 Å². The van der Waals surface area contributed by atoms with Gasteiger partial charge in [0.05, 0.1) is 4.90 Å². The number of hydrogen-bond donors (Lipinski definition) is 1. The molecule has 0 aliphatic carbocycles. The summed E-state index contributed by atoms with van der Waals surface area (Å²) in [5.41, 5.74) is 0.515. The number of thiophene rings is 1. The van der Waals surface area contributed by atoms with Crippen molar-refractivity contribution in [1.82, 2.24) is 4.31 Å². The zero-order valence-corrected chi connectivity index (χ0v) is 17.1. The highest BCUT2D eigenvalue weighted by Gasteiger charge is 2.32. The quantitative estimate of drug-likeness (QED) is 0.787. The van der Waals surface area contributed by atoms with Gasteiger partial charge in [-0.25, -0.2) is 16.8 Å². The van der Waals surface area contributed by atoms with E-state index in [-0.39, 0.29) is 16.7 Å². The van der Waals surface area contributed by atoms with Gasteiger partial charge in [-0.2, -0.15) is 4.31 Å². The SMILES string of the molecule is CS(=O)(=O)c1ccc(NC(=O)C2CCN(S(=O)(=O)c3cccs3)CC2)cc1. The van der Waals surface area contributed by atoms with Crippen molar-refractivity contribution in [3.05, 3.63) is 41.8 Å². The molecule has 1 aromatic carbocycles. The lowest BCUT2D eigenvalue weighted by Gasteiger charge is -2.30. The van der Waals surface area contributed by atoms with Crippen molar-refractivity contribution < 1.29 is 21.6 Å². The number of piperidine rings is 1. The third-order valence-corrected chi connectivity index (χ3v) is 8.86. The van der Waals surface area contributed by atoms with Crippen LogP contribution in [0.1, 0.15) is 12.8 Å². The van der Waals surface area contributed by atoms with Gasteiger partial charge < -0.3 is 5.32 Å². The summed E-state index contributed by atoms with van der Waals surface area (Å²) in [6, 6.07) is 9.27. The predicted molar refractivity (Wildman–Crippen MR) is 104 cm³/mol. The Morgan fingerprint density at radius 3 is 2.22 bits per heavy atom. The molecule has 3 rings (SSSR count). The van der Waals surface area contributed by atoms with Crippen molar-refractivity contribution in [2.75, 3.05) is 24.7 Å². The molecule has 7 nitrogen and oxygen atoms in total. The molecule has 10 heteroatoms. The van der Waals surface area contributed by atoms with Gasteiger partial charge in [-0.1, -0.05) is 6.07 Å². The molecule has 2 aromatic rings. The number of hydrogen-bond acceptors (Lipinski definition) is 6. The van der Waals surface area contributed by atoms with Crippen LogP contribution in [-0.4, -0.2) is 46.4 Å². The zero-order chi connectivity index (χ0) is 19.7. The van der Waals surface area contributed by atoms with E-state index < -0.39 is 19.9 Å². The molecule has 1 amide bonds. The smallest absolute Gasteiger partial charge is 0.252 e. The number of nitrogens with one attached hydrogen (secondary N) is 1. The van der Waals surface area contributed by atoms with Crippen LogP contribution in [0.2, 0.25) is 0 Å². The van der Waals surface area contributed by atoms with E-state index in [4.69, 9.17) is 0 Å². The van der Waals surface area contributed by atoms with E-state index in [9.17, 15) is 21.6 Å². The van der Waals surface area contributed by atoms with E-state index >= 15 is 0 Å². The molecule has 1 aliphatic rings. The molecular formula is C17H20N2O5S3. The minimum atomic E-state index is -3.48. The summed E-state index contributed by atoms with van der Waals surface area (Å²) < 4.78 is 49.7. The number of sulfonamides is 1. The van der Waals surface area contributed by atoms with Crippen molar-refractivity contribution in [3.8, 4) is 0 Å². The Bertz CT molecular complexity index is 1010. The number of rotatable bonds is 5. The first-order chi connectivity index (χ1) is 12.7. The van der Waals surface area contributed by atoms with Crippen LogP contribution in [0, 0.1) is 5.92 Å². The topological polar surface area (TPSA) is 101 Å². The third-order valence-electron chi connectivity index (χ3n) is 4.46. The Kier molecular flexibility index (Phi) is 5.71. The number of carbonyl (C=O) groups is 1. The van der Waals surface area contributed by atoms with E-state index in [1.165, 1.54) is 27.8 Å². The molecule has 0 bridgehead atoms. The van der Waals surface area contributed by atoms with Crippen LogP contribution >= 0.6 is 11.3 Å². The monoisotopic (exact) mass is 428 g/mol. The summed E-state index contributed by atoms with van der Waals surface area (Å²) in [6.45, 7) is 0.594. The lowest BCUT2D eigenvalue weighted by molar-refractivity contribution is -0.120. The molecule has 1 N–H and O–H groups in total. The number of sulfone groups is 1. The number of nitrogens with zero attached hydrogens (tertiary/aromatic N) is 1. The van der Waals surface area contributed by atoms with Gasteiger partial charge in [0, 0.05) is 31.0 Å². The maximum Gasteiger partial charge on any atom is 0.252 e. The van der Waals surface area contributed by atoms with Gasteiger partial charge in [0.2, 0.25) is 5.91 Å². The van der Waals surface area contributed by atoms with Crippen LogP contribution in [-0.2, 0) is 24.7 Å². The molecule has 1 fully saturated rings. The molecule has 0 spiro atoms. The first-order valence-corrected chi connectivity index (χ1v) is 12.5. The zero-order valence-electron chi connectivity index (χ0n) is 14.7. The minimum absolute atomic E-state index is 0.185. The van der Waals surface area contributed by atoms with E-state index in [0.717, 1.165) is 6.26 Å². The van der Waals surface area contributed by atoms with E-state index in [1.54, 1.807) is 29.6 Å². The number of amides is 1. The van der Waals surface area contributed by atoms with E-state index in [2.05, 4.69) is 5.32 Å². The fraction of sp³-hybridized carbons (Fsp3) is 0.353. The van der Waals surface area contributed by atoms with Gasteiger partial charge in [0.1, 0.15) is 4.21 Å². The number of carbonyl (C=O) groups excluding carboxylic acids is 1. The van der Waals surface area contributed by atoms with Gasteiger partial charge in [0.15, 0.2) is 9.84 Å².